The van der Waals surface area contributed by atoms with Crippen LogP contribution in [0.15, 0.2) is 47.9 Å². The molecule has 0 aliphatic carbocycles. The molecule has 2 aromatic carbocycles. The van der Waals surface area contributed by atoms with Crippen LogP contribution >= 0.6 is 11.3 Å². The highest BCUT2D eigenvalue weighted by Gasteiger charge is 2.07. The zero-order chi connectivity index (χ0) is 20.1. The van der Waals surface area contributed by atoms with Gasteiger partial charge in [0.2, 0.25) is 5.91 Å². The van der Waals surface area contributed by atoms with Crippen LogP contribution in [-0.4, -0.2) is 10.9 Å². The van der Waals surface area contributed by atoms with E-state index < -0.39 is 0 Å². The molecule has 3 rings (SSSR count). The second-order valence-electron chi connectivity index (χ2n) is 6.78. The number of rotatable bonds is 6. The van der Waals surface area contributed by atoms with Crippen molar-refractivity contribution in [3.8, 4) is 5.75 Å². The lowest BCUT2D eigenvalue weighted by Gasteiger charge is -2.11. The first-order valence-corrected chi connectivity index (χ1v) is 10.00. The SMILES string of the molecule is Cc1cc(C)c(NC(=O)/C=C/c2ccccc2OCc2csc(C)n2)c(C)c1. The molecule has 1 amide bonds. The summed E-state index contributed by atoms with van der Waals surface area (Å²) in [5.41, 5.74) is 5.92. The number of para-hydroxylation sites is 1. The van der Waals surface area contributed by atoms with Gasteiger partial charge in [0.1, 0.15) is 12.4 Å². The molecule has 0 saturated carbocycles. The van der Waals surface area contributed by atoms with E-state index in [-0.39, 0.29) is 5.91 Å². The van der Waals surface area contributed by atoms with Gasteiger partial charge in [-0.3, -0.25) is 4.79 Å². The number of aromatic nitrogens is 1. The van der Waals surface area contributed by atoms with Gasteiger partial charge >= 0.3 is 0 Å². The molecule has 1 heterocycles. The van der Waals surface area contributed by atoms with Crippen molar-refractivity contribution in [2.45, 2.75) is 34.3 Å². The van der Waals surface area contributed by atoms with Crippen molar-refractivity contribution >= 4 is 29.0 Å². The van der Waals surface area contributed by atoms with E-state index in [1.54, 1.807) is 17.4 Å². The fraction of sp³-hybridized carbons (Fsp3) is 0.217. The number of ether oxygens (including phenoxy) is 1. The molecule has 0 aliphatic rings. The van der Waals surface area contributed by atoms with Gasteiger partial charge in [-0.25, -0.2) is 4.98 Å². The monoisotopic (exact) mass is 392 g/mol. The van der Waals surface area contributed by atoms with E-state index in [0.717, 1.165) is 38.8 Å². The summed E-state index contributed by atoms with van der Waals surface area (Å²) in [5, 5.41) is 5.99. The van der Waals surface area contributed by atoms with Crippen LogP contribution < -0.4 is 10.1 Å². The third-order valence-electron chi connectivity index (χ3n) is 4.30. The fourth-order valence-corrected chi connectivity index (χ4v) is 3.68. The zero-order valence-electron chi connectivity index (χ0n) is 16.6. The summed E-state index contributed by atoms with van der Waals surface area (Å²) in [4.78, 5) is 16.8. The van der Waals surface area contributed by atoms with Crippen LogP contribution in [-0.2, 0) is 11.4 Å². The van der Waals surface area contributed by atoms with Gasteiger partial charge < -0.3 is 10.1 Å². The number of thiazole rings is 1. The first kappa shape index (κ1) is 19.8. The summed E-state index contributed by atoms with van der Waals surface area (Å²) in [6.45, 7) is 8.44. The molecule has 3 aromatic rings. The number of carbonyl (C=O) groups is 1. The average molecular weight is 393 g/mol. The molecule has 0 unspecified atom stereocenters. The van der Waals surface area contributed by atoms with Gasteiger partial charge in [0, 0.05) is 22.7 Å². The summed E-state index contributed by atoms with van der Waals surface area (Å²) in [6.07, 6.45) is 3.31. The summed E-state index contributed by atoms with van der Waals surface area (Å²) in [6, 6.07) is 11.8. The van der Waals surface area contributed by atoms with Crippen LogP contribution in [0.5, 0.6) is 5.75 Å². The second-order valence-corrected chi connectivity index (χ2v) is 7.84. The minimum absolute atomic E-state index is 0.167. The Morgan fingerprint density at radius 1 is 1.14 bits per heavy atom. The standard InChI is InChI=1S/C23H24N2O2S/c1-15-11-16(2)23(17(3)12-15)25-22(26)10-9-19-7-5-6-8-21(19)27-13-20-14-28-18(4)24-20/h5-12,14H,13H2,1-4H3,(H,25,26)/b10-9+. The number of hydrogen-bond donors (Lipinski definition) is 1. The van der Waals surface area contributed by atoms with E-state index in [1.165, 1.54) is 11.6 Å². The van der Waals surface area contributed by atoms with E-state index in [2.05, 4.69) is 29.4 Å². The van der Waals surface area contributed by atoms with Crippen LogP contribution in [0.4, 0.5) is 5.69 Å². The molecule has 0 atom stereocenters. The number of nitrogens with zero attached hydrogens (tertiary/aromatic N) is 1. The topological polar surface area (TPSA) is 51.2 Å². The minimum atomic E-state index is -0.167. The maximum atomic E-state index is 12.4. The summed E-state index contributed by atoms with van der Waals surface area (Å²) < 4.78 is 5.90. The molecule has 0 bridgehead atoms. The molecular formula is C23H24N2O2S. The first-order valence-electron chi connectivity index (χ1n) is 9.12. The van der Waals surface area contributed by atoms with Crippen molar-refractivity contribution < 1.29 is 9.53 Å². The number of amides is 1. The highest BCUT2D eigenvalue weighted by atomic mass is 32.1. The smallest absolute Gasteiger partial charge is 0.248 e. The molecule has 4 nitrogen and oxygen atoms in total. The largest absolute Gasteiger partial charge is 0.487 e. The van der Waals surface area contributed by atoms with Crippen molar-refractivity contribution in [2.75, 3.05) is 5.32 Å². The Labute approximate surface area is 169 Å². The molecule has 28 heavy (non-hydrogen) atoms. The Hall–Kier alpha value is -2.92. The highest BCUT2D eigenvalue weighted by Crippen LogP contribution is 2.23. The lowest BCUT2D eigenvalue weighted by molar-refractivity contribution is -0.111. The number of nitrogens with one attached hydrogen (secondary N) is 1. The van der Waals surface area contributed by atoms with Gasteiger partial charge in [0.05, 0.1) is 10.7 Å². The number of hydrogen-bond acceptors (Lipinski definition) is 4. The fourth-order valence-electron chi connectivity index (χ4n) is 3.08. The number of benzene rings is 2. The Balaban J connectivity index is 1.69. The van der Waals surface area contributed by atoms with Crippen LogP contribution in [0, 0.1) is 27.7 Å². The number of aryl methyl sites for hydroxylation is 4. The average Bonchev–Trinajstić information content (AvgIpc) is 3.07. The van der Waals surface area contributed by atoms with E-state index in [4.69, 9.17) is 4.74 Å². The van der Waals surface area contributed by atoms with Gasteiger partial charge in [-0.2, -0.15) is 0 Å². The van der Waals surface area contributed by atoms with Crippen LogP contribution in [0.3, 0.4) is 0 Å². The van der Waals surface area contributed by atoms with Crippen molar-refractivity contribution in [1.82, 2.24) is 4.98 Å². The Kier molecular flexibility index (Phi) is 6.26. The molecule has 144 valence electrons. The van der Waals surface area contributed by atoms with Crippen LogP contribution in [0.2, 0.25) is 0 Å². The molecule has 0 aliphatic heterocycles. The Morgan fingerprint density at radius 2 is 1.86 bits per heavy atom. The molecular weight excluding hydrogens is 368 g/mol. The molecule has 0 spiro atoms. The molecule has 1 N–H and O–H groups in total. The third kappa shape index (κ3) is 5.08. The summed E-state index contributed by atoms with van der Waals surface area (Å²) in [7, 11) is 0. The number of carbonyl (C=O) groups excluding carboxylic acids is 1. The molecule has 0 radical (unpaired) electrons. The van der Waals surface area contributed by atoms with Crippen molar-refractivity contribution in [3.63, 3.8) is 0 Å². The Bertz CT molecular complexity index is 998. The summed E-state index contributed by atoms with van der Waals surface area (Å²) in [5.74, 6) is 0.555. The first-order chi connectivity index (χ1) is 13.4. The van der Waals surface area contributed by atoms with Gasteiger partial charge in [-0.1, -0.05) is 35.9 Å². The quantitative estimate of drug-likeness (QED) is 0.555. The maximum Gasteiger partial charge on any atom is 0.248 e. The van der Waals surface area contributed by atoms with Gasteiger partial charge in [0.25, 0.3) is 0 Å². The summed E-state index contributed by atoms with van der Waals surface area (Å²) >= 11 is 1.60. The molecule has 1 aromatic heterocycles. The normalized spacial score (nSPS) is 11.0. The predicted octanol–water partition coefficient (Wildman–Crippen LogP) is 5.61. The number of anilines is 1. The van der Waals surface area contributed by atoms with Gasteiger partial charge in [-0.05, 0) is 51.0 Å². The zero-order valence-corrected chi connectivity index (χ0v) is 17.4. The predicted molar refractivity (Wildman–Crippen MR) is 116 cm³/mol. The maximum absolute atomic E-state index is 12.4. The highest BCUT2D eigenvalue weighted by molar-refractivity contribution is 7.09. The van der Waals surface area contributed by atoms with Gasteiger partial charge in [0.15, 0.2) is 0 Å². The van der Waals surface area contributed by atoms with Gasteiger partial charge in [-0.15, -0.1) is 11.3 Å². The van der Waals surface area contributed by atoms with Crippen LogP contribution in [0.25, 0.3) is 6.08 Å². The van der Waals surface area contributed by atoms with E-state index >= 15 is 0 Å². The van der Waals surface area contributed by atoms with Crippen molar-refractivity contribution in [2.24, 2.45) is 0 Å². The molecule has 5 heteroatoms. The second kappa shape index (κ2) is 8.85. The minimum Gasteiger partial charge on any atom is -0.487 e. The van der Waals surface area contributed by atoms with Crippen molar-refractivity contribution in [3.05, 3.63) is 80.8 Å². The molecule has 0 saturated heterocycles. The lowest BCUT2D eigenvalue weighted by Crippen LogP contribution is -2.10. The van der Waals surface area contributed by atoms with Crippen LogP contribution in [0.1, 0.15) is 33.0 Å². The molecule has 0 fully saturated rings. The van der Waals surface area contributed by atoms with E-state index in [0.29, 0.717) is 6.61 Å². The third-order valence-corrected chi connectivity index (χ3v) is 5.12. The Morgan fingerprint density at radius 3 is 2.54 bits per heavy atom. The van der Waals surface area contributed by atoms with E-state index in [1.807, 2.05) is 50.4 Å². The van der Waals surface area contributed by atoms with E-state index in [9.17, 15) is 4.79 Å². The lowest BCUT2D eigenvalue weighted by atomic mass is 10.1. The van der Waals surface area contributed by atoms with Crippen molar-refractivity contribution in [1.29, 1.82) is 0 Å².